The summed E-state index contributed by atoms with van der Waals surface area (Å²) in [4.78, 5) is 10.2. The van der Waals surface area contributed by atoms with Crippen LogP contribution in [0.3, 0.4) is 0 Å². The second-order valence-corrected chi connectivity index (χ2v) is 4.71. The minimum Gasteiger partial charge on any atom is -0.455 e. The number of hydrogen-bond acceptors (Lipinski definition) is 4. The van der Waals surface area contributed by atoms with E-state index in [0.29, 0.717) is 12.1 Å². The standard InChI is InChI=1S/C14H12ClFN2O3/c1-17-8-9-4-10(16)6-12(5-9)21-14-7-11(18(19)20)2-3-13(14)15/h2-7,17H,8H2,1H3. The Labute approximate surface area is 125 Å². The van der Waals surface area contributed by atoms with Crippen LogP contribution >= 0.6 is 11.6 Å². The Morgan fingerprint density at radius 1 is 1.33 bits per heavy atom. The molecule has 1 N–H and O–H groups in total. The molecule has 0 aliphatic carbocycles. The van der Waals surface area contributed by atoms with E-state index in [1.807, 2.05) is 0 Å². The molecule has 0 atom stereocenters. The molecule has 0 unspecified atom stereocenters. The first-order valence-corrected chi connectivity index (χ1v) is 6.43. The molecule has 21 heavy (non-hydrogen) atoms. The average Bonchev–Trinajstić information content (AvgIpc) is 2.40. The number of benzene rings is 2. The van der Waals surface area contributed by atoms with Crippen LogP contribution in [0.4, 0.5) is 10.1 Å². The number of nitro benzene ring substituents is 1. The van der Waals surface area contributed by atoms with Gasteiger partial charge in [-0.05, 0) is 30.8 Å². The van der Waals surface area contributed by atoms with Gasteiger partial charge in [-0.3, -0.25) is 10.1 Å². The summed E-state index contributed by atoms with van der Waals surface area (Å²) in [5.41, 5.74) is 0.537. The van der Waals surface area contributed by atoms with E-state index in [2.05, 4.69) is 5.32 Å². The molecular formula is C14H12ClFN2O3. The maximum absolute atomic E-state index is 13.5. The molecule has 0 spiro atoms. The lowest BCUT2D eigenvalue weighted by atomic mass is 10.2. The van der Waals surface area contributed by atoms with E-state index in [1.165, 1.54) is 30.3 Å². The Morgan fingerprint density at radius 3 is 2.76 bits per heavy atom. The van der Waals surface area contributed by atoms with Crippen molar-refractivity contribution < 1.29 is 14.1 Å². The summed E-state index contributed by atoms with van der Waals surface area (Å²) in [7, 11) is 1.74. The van der Waals surface area contributed by atoms with Crippen molar-refractivity contribution in [1.29, 1.82) is 0 Å². The predicted octanol–water partition coefficient (Wildman–Crippen LogP) is 3.90. The van der Waals surface area contributed by atoms with Crippen molar-refractivity contribution in [3.8, 4) is 11.5 Å². The lowest BCUT2D eigenvalue weighted by Crippen LogP contribution is -2.05. The Hall–Kier alpha value is -2.18. The summed E-state index contributed by atoms with van der Waals surface area (Å²) in [5, 5.41) is 13.9. The van der Waals surface area contributed by atoms with Crippen LogP contribution in [-0.4, -0.2) is 12.0 Å². The molecule has 2 aromatic rings. The molecule has 0 heterocycles. The van der Waals surface area contributed by atoms with E-state index < -0.39 is 10.7 Å². The highest BCUT2D eigenvalue weighted by Crippen LogP contribution is 2.33. The Kier molecular flexibility index (Phi) is 4.72. The van der Waals surface area contributed by atoms with Crippen LogP contribution in [0.15, 0.2) is 36.4 Å². The van der Waals surface area contributed by atoms with Crippen molar-refractivity contribution in [2.24, 2.45) is 0 Å². The molecule has 2 aromatic carbocycles. The molecule has 0 bridgehead atoms. The van der Waals surface area contributed by atoms with Crippen molar-refractivity contribution in [3.63, 3.8) is 0 Å². The van der Waals surface area contributed by atoms with Gasteiger partial charge in [-0.1, -0.05) is 11.6 Å². The molecule has 0 radical (unpaired) electrons. The summed E-state index contributed by atoms with van der Waals surface area (Å²) in [5.74, 6) is -0.131. The predicted molar refractivity (Wildman–Crippen MR) is 77.3 cm³/mol. The molecule has 2 rings (SSSR count). The molecular weight excluding hydrogens is 299 g/mol. The molecule has 0 aliphatic heterocycles. The molecule has 0 amide bonds. The monoisotopic (exact) mass is 310 g/mol. The number of rotatable bonds is 5. The zero-order chi connectivity index (χ0) is 15.4. The average molecular weight is 311 g/mol. The Bertz CT molecular complexity index is 679. The van der Waals surface area contributed by atoms with Crippen LogP contribution in [0.1, 0.15) is 5.56 Å². The smallest absolute Gasteiger partial charge is 0.273 e. The van der Waals surface area contributed by atoms with Crippen LogP contribution < -0.4 is 10.1 Å². The first-order chi connectivity index (χ1) is 9.99. The first-order valence-electron chi connectivity index (χ1n) is 6.05. The lowest BCUT2D eigenvalue weighted by molar-refractivity contribution is -0.384. The fourth-order valence-electron chi connectivity index (χ4n) is 1.80. The molecule has 110 valence electrons. The highest BCUT2D eigenvalue weighted by atomic mass is 35.5. The zero-order valence-electron chi connectivity index (χ0n) is 11.1. The normalized spacial score (nSPS) is 10.4. The minimum atomic E-state index is -0.554. The van der Waals surface area contributed by atoms with Gasteiger partial charge in [0.05, 0.1) is 16.0 Å². The van der Waals surface area contributed by atoms with E-state index in [-0.39, 0.29) is 22.2 Å². The number of nitrogens with zero attached hydrogens (tertiary/aromatic N) is 1. The number of hydrogen-bond donors (Lipinski definition) is 1. The Morgan fingerprint density at radius 2 is 2.10 bits per heavy atom. The topological polar surface area (TPSA) is 64.4 Å². The number of nitrogens with one attached hydrogen (secondary N) is 1. The fourth-order valence-corrected chi connectivity index (χ4v) is 1.95. The molecule has 0 aliphatic rings. The first kappa shape index (κ1) is 15.2. The molecule has 0 aromatic heterocycles. The molecule has 7 heteroatoms. The molecule has 0 saturated carbocycles. The van der Waals surface area contributed by atoms with Gasteiger partial charge >= 0.3 is 0 Å². The second kappa shape index (κ2) is 6.51. The van der Waals surface area contributed by atoms with Crippen LogP contribution in [0.25, 0.3) is 0 Å². The minimum absolute atomic E-state index is 0.104. The van der Waals surface area contributed by atoms with Crippen molar-refractivity contribution in [2.75, 3.05) is 7.05 Å². The number of non-ortho nitro benzene ring substituents is 1. The van der Waals surface area contributed by atoms with Gasteiger partial charge in [0.25, 0.3) is 5.69 Å². The van der Waals surface area contributed by atoms with Gasteiger partial charge < -0.3 is 10.1 Å². The van der Waals surface area contributed by atoms with Crippen molar-refractivity contribution >= 4 is 17.3 Å². The van der Waals surface area contributed by atoms with E-state index in [1.54, 1.807) is 13.1 Å². The maximum Gasteiger partial charge on any atom is 0.273 e. The summed E-state index contributed by atoms with van der Waals surface area (Å²) in [6.45, 7) is 0.469. The quantitative estimate of drug-likeness (QED) is 0.672. The summed E-state index contributed by atoms with van der Waals surface area (Å²) in [6.07, 6.45) is 0. The Balaban J connectivity index is 2.33. The van der Waals surface area contributed by atoms with Crippen LogP contribution in [0.2, 0.25) is 5.02 Å². The summed E-state index contributed by atoms with van der Waals surface area (Å²) in [6, 6.07) is 8.03. The molecule has 0 saturated heterocycles. The van der Waals surface area contributed by atoms with E-state index in [4.69, 9.17) is 16.3 Å². The largest absolute Gasteiger partial charge is 0.455 e. The number of ether oxygens (including phenoxy) is 1. The lowest BCUT2D eigenvalue weighted by Gasteiger charge is -2.09. The second-order valence-electron chi connectivity index (χ2n) is 4.30. The van der Waals surface area contributed by atoms with Gasteiger partial charge in [-0.2, -0.15) is 0 Å². The van der Waals surface area contributed by atoms with Crippen LogP contribution in [0.5, 0.6) is 11.5 Å². The van der Waals surface area contributed by atoms with Crippen LogP contribution in [0, 0.1) is 15.9 Å². The third kappa shape index (κ3) is 3.90. The van der Waals surface area contributed by atoms with Gasteiger partial charge in [0.2, 0.25) is 0 Å². The third-order valence-electron chi connectivity index (χ3n) is 2.67. The number of nitro groups is 1. The summed E-state index contributed by atoms with van der Waals surface area (Å²) >= 11 is 5.94. The van der Waals surface area contributed by atoms with Gasteiger partial charge in [-0.15, -0.1) is 0 Å². The van der Waals surface area contributed by atoms with Gasteiger partial charge in [0.15, 0.2) is 5.75 Å². The highest BCUT2D eigenvalue weighted by molar-refractivity contribution is 6.32. The van der Waals surface area contributed by atoms with Crippen molar-refractivity contribution in [1.82, 2.24) is 5.32 Å². The van der Waals surface area contributed by atoms with Gasteiger partial charge in [-0.25, -0.2) is 4.39 Å². The van der Waals surface area contributed by atoms with Gasteiger partial charge in [0, 0.05) is 18.7 Å². The highest BCUT2D eigenvalue weighted by Gasteiger charge is 2.12. The number of halogens is 2. The summed E-state index contributed by atoms with van der Waals surface area (Å²) < 4.78 is 19.0. The van der Waals surface area contributed by atoms with Crippen LogP contribution in [-0.2, 0) is 6.54 Å². The van der Waals surface area contributed by atoms with E-state index in [9.17, 15) is 14.5 Å². The molecule has 0 fully saturated rings. The zero-order valence-corrected chi connectivity index (χ0v) is 11.9. The van der Waals surface area contributed by atoms with Gasteiger partial charge in [0.1, 0.15) is 11.6 Å². The third-order valence-corrected chi connectivity index (χ3v) is 2.98. The van der Waals surface area contributed by atoms with E-state index in [0.717, 1.165) is 0 Å². The SMILES string of the molecule is CNCc1cc(F)cc(Oc2cc([N+](=O)[O-])ccc2Cl)c1. The van der Waals surface area contributed by atoms with Crippen molar-refractivity contribution in [2.45, 2.75) is 6.54 Å². The van der Waals surface area contributed by atoms with Crippen molar-refractivity contribution in [3.05, 3.63) is 62.9 Å². The maximum atomic E-state index is 13.5. The van der Waals surface area contributed by atoms with E-state index >= 15 is 0 Å². The fraction of sp³-hybridized carbons (Fsp3) is 0.143. The molecule has 5 nitrogen and oxygen atoms in total.